The lowest BCUT2D eigenvalue weighted by Gasteiger charge is -2.08. The standard InChI is InChI=1S/C16H14N4O2S4/c1-22-4-7-26(21)16-12(17)11-9(13-18-2-5-23-13)8-10(20-15(11)25-16)14-19-3-6-24-14/h2-3,5-6,8H,4,7,17H2,1H3. The molecule has 1 atom stereocenters. The van der Waals surface area contributed by atoms with Gasteiger partial charge in [-0.3, -0.25) is 0 Å². The van der Waals surface area contributed by atoms with Gasteiger partial charge >= 0.3 is 0 Å². The SMILES string of the molecule is COCC[S+]([O-])c1sc2nc(-c3nccs3)cc(-c3nccs3)c2c1N. The molecular formula is C16H14N4O2S4. The summed E-state index contributed by atoms with van der Waals surface area (Å²) in [5.74, 6) is 0.402. The molecule has 2 N–H and O–H groups in total. The van der Waals surface area contributed by atoms with Crippen LogP contribution in [0.3, 0.4) is 0 Å². The van der Waals surface area contributed by atoms with Crippen LogP contribution in [0.5, 0.6) is 0 Å². The highest BCUT2D eigenvalue weighted by atomic mass is 32.2. The number of aromatic nitrogens is 3. The van der Waals surface area contributed by atoms with Crippen LogP contribution in [-0.2, 0) is 15.9 Å². The van der Waals surface area contributed by atoms with Crippen molar-refractivity contribution < 1.29 is 9.29 Å². The molecule has 0 radical (unpaired) electrons. The molecule has 0 fully saturated rings. The highest BCUT2D eigenvalue weighted by molar-refractivity contribution is 7.93. The molecule has 0 aromatic carbocycles. The maximum Gasteiger partial charge on any atom is 0.232 e. The molecule has 4 aromatic heterocycles. The third-order valence-electron chi connectivity index (χ3n) is 3.66. The molecule has 0 aliphatic heterocycles. The molecule has 4 rings (SSSR count). The molecule has 0 aliphatic rings. The Morgan fingerprint density at radius 3 is 2.58 bits per heavy atom. The van der Waals surface area contributed by atoms with Crippen molar-refractivity contribution in [2.45, 2.75) is 4.21 Å². The van der Waals surface area contributed by atoms with E-state index in [2.05, 4.69) is 9.97 Å². The molecule has 0 aliphatic carbocycles. The molecular weight excluding hydrogens is 408 g/mol. The number of nitrogen functional groups attached to an aromatic ring is 1. The smallest absolute Gasteiger partial charge is 0.232 e. The van der Waals surface area contributed by atoms with E-state index in [1.54, 1.807) is 19.5 Å². The van der Waals surface area contributed by atoms with Crippen LogP contribution in [0, 0.1) is 0 Å². The molecule has 4 heterocycles. The van der Waals surface area contributed by atoms with Gasteiger partial charge in [0.25, 0.3) is 0 Å². The average Bonchev–Trinajstić information content (AvgIpc) is 3.40. The molecule has 0 amide bonds. The third kappa shape index (κ3) is 3.24. The van der Waals surface area contributed by atoms with Gasteiger partial charge in [-0.25, -0.2) is 15.0 Å². The summed E-state index contributed by atoms with van der Waals surface area (Å²) in [6.45, 7) is 0.414. The second-order valence-electron chi connectivity index (χ2n) is 5.26. The van der Waals surface area contributed by atoms with E-state index >= 15 is 0 Å². The Morgan fingerprint density at radius 1 is 1.19 bits per heavy atom. The van der Waals surface area contributed by atoms with Gasteiger partial charge < -0.3 is 15.0 Å². The summed E-state index contributed by atoms with van der Waals surface area (Å²) in [5, 5.41) is 6.34. The first kappa shape index (κ1) is 17.8. The largest absolute Gasteiger partial charge is 0.611 e. The van der Waals surface area contributed by atoms with Gasteiger partial charge in [0.2, 0.25) is 4.21 Å². The lowest BCUT2D eigenvalue weighted by molar-refractivity contribution is 0.217. The van der Waals surface area contributed by atoms with Gasteiger partial charge in [0.15, 0.2) is 0 Å². The number of anilines is 1. The fourth-order valence-corrected chi connectivity index (χ4v) is 6.33. The van der Waals surface area contributed by atoms with Gasteiger partial charge in [0, 0.05) is 47.0 Å². The molecule has 0 spiro atoms. The first-order valence-electron chi connectivity index (χ1n) is 7.59. The van der Waals surface area contributed by atoms with Gasteiger partial charge in [-0.05, 0) is 6.07 Å². The van der Waals surface area contributed by atoms with Crippen LogP contribution < -0.4 is 5.73 Å². The average molecular weight is 423 g/mol. The van der Waals surface area contributed by atoms with Crippen molar-refractivity contribution in [1.82, 2.24) is 15.0 Å². The fourth-order valence-electron chi connectivity index (χ4n) is 2.51. The first-order valence-corrected chi connectivity index (χ1v) is 11.5. The van der Waals surface area contributed by atoms with Crippen LogP contribution in [0.4, 0.5) is 5.69 Å². The van der Waals surface area contributed by atoms with Crippen LogP contribution in [0.25, 0.3) is 31.5 Å². The summed E-state index contributed by atoms with van der Waals surface area (Å²) in [4.78, 5) is 14.3. The second-order valence-corrected chi connectivity index (χ2v) is 9.81. The molecule has 1 unspecified atom stereocenters. The van der Waals surface area contributed by atoms with E-state index in [0.717, 1.165) is 31.5 Å². The van der Waals surface area contributed by atoms with Gasteiger partial charge in [0.05, 0.1) is 12.0 Å². The summed E-state index contributed by atoms with van der Waals surface area (Å²) in [5.41, 5.74) is 8.58. The molecule has 10 heteroatoms. The maximum absolute atomic E-state index is 12.6. The van der Waals surface area contributed by atoms with Crippen molar-refractivity contribution in [3.8, 4) is 21.3 Å². The number of fused-ring (bicyclic) bond motifs is 1. The first-order chi connectivity index (χ1) is 12.7. The minimum Gasteiger partial charge on any atom is -0.611 e. The highest BCUT2D eigenvalue weighted by Gasteiger charge is 2.25. The van der Waals surface area contributed by atoms with Crippen molar-refractivity contribution in [3.05, 3.63) is 29.2 Å². The predicted octanol–water partition coefficient (Wildman–Crippen LogP) is 3.88. The normalized spacial score (nSPS) is 12.7. The van der Waals surface area contributed by atoms with Crippen molar-refractivity contribution in [3.63, 3.8) is 0 Å². The van der Waals surface area contributed by atoms with Crippen LogP contribution in [0.1, 0.15) is 0 Å². The van der Waals surface area contributed by atoms with Gasteiger partial charge in [-0.1, -0.05) is 11.3 Å². The monoisotopic (exact) mass is 422 g/mol. The van der Waals surface area contributed by atoms with E-state index in [1.165, 1.54) is 34.0 Å². The number of hydrogen-bond acceptors (Lipinski definition) is 9. The number of pyridine rings is 1. The van der Waals surface area contributed by atoms with Crippen molar-refractivity contribution in [2.24, 2.45) is 0 Å². The summed E-state index contributed by atoms with van der Waals surface area (Å²) >= 11 is 3.20. The molecule has 6 nitrogen and oxygen atoms in total. The molecule has 26 heavy (non-hydrogen) atoms. The Hall–Kier alpha value is -1.56. The lowest BCUT2D eigenvalue weighted by atomic mass is 10.1. The van der Waals surface area contributed by atoms with E-state index < -0.39 is 11.2 Å². The van der Waals surface area contributed by atoms with Gasteiger partial charge in [-0.2, -0.15) is 0 Å². The van der Waals surface area contributed by atoms with E-state index in [-0.39, 0.29) is 0 Å². The maximum atomic E-state index is 12.6. The van der Waals surface area contributed by atoms with E-state index in [0.29, 0.717) is 22.3 Å². The number of thiophene rings is 1. The van der Waals surface area contributed by atoms with Crippen LogP contribution in [0.15, 0.2) is 33.4 Å². The van der Waals surface area contributed by atoms with Crippen LogP contribution in [0.2, 0.25) is 0 Å². The zero-order chi connectivity index (χ0) is 18.1. The number of nitrogens with zero attached hydrogens (tertiary/aromatic N) is 3. The number of methoxy groups -OCH3 is 1. The predicted molar refractivity (Wildman–Crippen MR) is 109 cm³/mol. The highest BCUT2D eigenvalue weighted by Crippen LogP contribution is 2.43. The summed E-state index contributed by atoms with van der Waals surface area (Å²) in [6, 6.07) is 1.96. The number of hydrogen-bond donors (Lipinski definition) is 1. The molecule has 0 saturated heterocycles. The van der Waals surface area contributed by atoms with Crippen LogP contribution >= 0.6 is 34.0 Å². The molecule has 134 valence electrons. The summed E-state index contributed by atoms with van der Waals surface area (Å²) < 4.78 is 18.3. The molecule has 4 aromatic rings. The summed E-state index contributed by atoms with van der Waals surface area (Å²) in [6.07, 6.45) is 3.51. The third-order valence-corrected chi connectivity index (χ3v) is 8.13. The minimum atomic E-state index is -1.23. The zero-order valence-electron chi connectivity index (χ0n) is 13.7. The van der Waals surface area contributed by atoms with Gasteiger partial charge in [0.1, 0.15) is 32.0 Å². The quantitative estimate of drug-likeness (QED) is 0.474. The number of rotatable bonds is 6. The van der Waals surface area contributed by atoms with Crippen molar-refractivity contribution in [1.29, 1.82) is 0 Å². The number of ether oxygens (including phenoxy) is 1. The van der Waals surface area contributed by atoms with E-state index in [4.69, 9.17) is 15.5 Å². The minimum absolute atomic E-state index is 0.402. The Balaban J connectivity index is 1.92. The fraction of sp³-hybridized carbons (Fsp3) is 0.188. The Labute approximate surface area is 164 Å². The topological polar surface area (TPSA) is 97.0 Å². The number of thiazole rings is 2. The number of nitrogens with two attached hydrogens (primary N) is 1. The Morgan fingerprint density at radius 2 is 1.92 bits per heavy atom. The van der Waals surface area contributed by atoms with Gasteiger partial charge in [-0.15, -0.1) is 22.7 Å². The molecule has 0 saturated carbocycles. The van der Waals surface area contributed by atoms with E-state index in [9.17, 15) is 4.55 Å². The lowest BCUT2D eigenvalue weighted by Crippen LogP contribution is -2.11. The second kappa shape index (κ2) is 7.59. The Kier molecular flexibility index (Phi) is 5.20. The van der Waals surface area contributed by atoms with E-state index in [1.807, 2.05) is 16.8 Å². The van der Waals surface area contributed by atoms with Crippen molar-refractivity contribution in [2.75, 3.05) is 25.2 Å². The molecule has 0 bridgehead atoms. The van der Waals surface area contributed by atoms with Crippen LogP contribution in [-0.4, -0.2) is 39.0 Å². The zero-order valence-corrected chi connectivity index (χ0v) is 16.9. The van der Waals surface area contributed by atoms with Crippen molar-refractivity contribution >= 4 is 61.1 Å². The summed E-state index contributed by atoms with van der Waals surface area (Å²) in [7, 11) is 1.59. The Bertz CT molecular complexity index is 1010.